The lowest BCUT2D eigenvalue weighted by Gasteiger charge is -2.12. The van der Waals surface area contributed by atoms with Gasteiger partial charge in [0, 0.05) is 12.1 Å². The molecule has 1 atom stereocenters. The van der Waals surface area contributed by atoms with Crippen LogP contribution in [0, 0.1) is 0 Å². The van der Waals surface area contributed by atoms with E-state index in [9.17, 15) is 10.2 Å². The third-order valence-electron chi connectivity index (χ3n) is 1.89. The molecule has 14 heavy (non-hydrogen) atoms. The fraction of sp³-hybridized carbons (Fsp3) is 0.400. The van der Waals surface area contributed by atoms with E-state index >= 15 is 0 Å². The van der Waals surface area contributed by atoms with Gasteiger partial charge in [-0.2, -0.15) is 0 Å². The van der Waals surface area contributed by atoms with Crippen LogP contribution in [0.4, 0.5) is 0 Å². The number of phenolic OH excluding ortho intramolecular Hbond substituents is 1. The Labute approximate surface area is 82.9 Å². The second kappa shape index (κ2) is 4.83. The number of aromatic hydroxyl groups is 1. The van der Waals surface area contributed by atoms with Crippen molar-refractivity contribution in [3.8, 4) is 11.5 Å². The van der Waals surface area contributed by atoms with Crippen LogP contribution in [-0.4, -0.2) is 23.4 Å². The second-order valence-electron chi connectivity index (χ2n) is 2.91. The summed E-state index contributed by atoms with van der Waals surface area (Å²) in [5.74, 6) is 0.652. The van der Waals surface area contributed by atoms with Crippen LogP contribution in [0.3, 0.4) is 0 Å². The fourth-order valence-corrected chi connectivity index (χ4v) is 1.18. The van der Waals surface area contributed by atoms with Gasteiger partial charge >= 0.3 is 0 Å². The molecular formula is C10H15NO3. The molecule has 0 spiro atoms. The molecule has 4 N–H and O–H groups in total. The summed E-state index contributed by atoms with van der Waals surface area (Å²) in [6.45, 7) is 2.48. The van der Waals surface area contributed by atoms with Crippen molar-refractivity contribution in [1.82, 2.24) is 0 Å². The molecule has 0 fully saturated rings. The summed E-state index contributed by atoms with van der Waals surface area (Å²) in [5, 5.41) is 18.9. The van der Waals surface area contributed by atoms with E-state index in [-0.39, 0.29) is 12.3 Å². The van der Waals surface area contributed by atoms with Crippen molar-refractivity contribution in [1.29, 1.82) is 0 Å². The smallest absolute Gasteiger partial charge is 0.121 e. The average molecular weight is 197 g/mol. The Balaban J connectivity index is 2.95. The third-order valence-corrected chi connectivity index (χ3v) is 1.89. The molecule has 0 aliphatic heterocycles. The van der Waals surface area contributed by atoms with Gasteiger partial charge in [0.15, 0.2) is 0 Å². The third kappa shape index (κ3) is 2.37. The largest absolute Gasteiger partial charge is 0.508 e. The monoisotopic (exact) mass is 197 g/mol. The molecule has 0 aromatic heterocycles. The topological polar surface area (TPSA) is 75.7 Å². The fourth-order valence-electron chi connectivity index (χ4n) is 1.18. The lowest BCUT2D eigenvalue weighted by atomic mass is 10.1. The lowest BCUT2D eigenvalue weighted by Crippen LogP contribution is -2.11. The van der Waals surface area contributed by atoms with Crippen molar-refractivity contribution in [2.45, 2.75) is 13.0 Å². The van der Waals surface area contributed by atoms with Gasteiger partial charge in [-0.05, 0) is 25.1 Å². The summed E-state index contributed by atoms with van der Waals surface area (Å²) in [7, 11) is 0. The van der Waals surface area contributed by atoms with Gasteiger partial charge in [0.05, 0.1) is 12.7 Å². The number of aliphatic hydroxyl groups excluding tert-OH is 1. The highest BCUT2D eigenvalue weighted by Crippen LogP contribution is 2.27. The highest BCUT2D eigenvalue weighted by molar-refractivity contribution is 5.40. The molecule has 0 heterocycles. The standard InChI is InChI=1S/C10H15NO3/c1-2-14-7-3-4-9(12)8(5-7)10(13)6-11/h3-5,10,12-13H,2,6,11H2,1H3/t10-/m0/s1. The Morgan fingerprint density at radius 2 is 2.21 bits per heavy atom. The first-order valence-electron chi connectivity index (χ1n) is 4.52. The van der Waals surface area contributed by atoms with Gasteiger partial charge < -0.3 is 20.7 Å². The van der Waals surface area contributed by atoms with Gasteiger partial charge in [-0.15, -0.1) is 0 Å². The number of nitrogens with two attached hydrogens (primary N) is 1. The molecule has 1 aromatic carbocycles. The zero-order chi connectivity index (χ0) is 10.6. The Morgan fingerprint density at radius 3 is 2.79 bits per heavy atom. The van der Waals surface area contributed by atoms with Crippen LogP contribution in [0.1, 0.15) is 18.6 Å². The number of hydrogen-bond donors (Lipinski definition) is 3. The summed E-state index contributed by atoms with van der Waals surface area (Å²) < 4.78 is 5.23. The predicted octanol–water partition coefficient (Wildman–Crippen LogP) is 0.783. The summed E-state index contributed by atoms with van der Waals surface area (Å²) in [4.78, 5) is 0. The normalized spacial score (nSPS) is 12.5. The quantitative estimate of drug-likeness (QED) is 0.666. The van der Waals surface area contributed by atoms with Gasteiger partial charge in [0.1, 0.15) is 11.5 Å². The first-order valence-corrected chi connectivity index (χ1v) is 4.52. The van der Waals surface area contributed by atoms with Gasteiger partial charge in [0.25, 0.3) is 0 Å². The first kappa shape index (κ1) is 10.8. The van der Waals surface area contributed by atoms with E-state index in [4.69, 9.17) is 10.5 Å². The van der Waals surface area contributed by atoms with Crippen LogP contribution in [0.5, 0.6) is 11.5 Å². The summed E-state index contributed by atoms with van der Waals surface area (Å²) >= 11 is 0. The molecule has 4 nitrogen and oxygen atoms in total. The molecule has 0 aliphatic rings. The van der Waals surface area contributed by atoms with E-state index in [1.54, 1.807) is 12.1 Å². The van der Waals surface area contributed by atoms with Crippen LogP contribution in [-0.2, 0) is 0 Å². The minimum Gasteiger partial charge on any atom is -0.508 e. The number of rotatable bonds is 4. The van der Waals surface area contributed by atoms with Gasteiger partial charge in [-0.3, -0.25) is 0 Å². The van der Waals surface area contributed by atoms with E-state index in [0.29, 0.717) is 17.9 Å². The maximum atomic E-state index is 9.46. The van der Waals surface area contributed by atoms with Gasteiger partial charge in [0.2, 0.25) is 0 Å². The molecule has 1 aromatic rings. The highest BCUT2D eigenvalue weighted by Gasteiger charge is 2.11. The van der Waals surface area contributed by atoms with Crippen molar-refractivity contribution in [2.75, 3.05) is 13.2 Å². The number of phenols is 1. The van der Waals surface area contributed by atoms with Crippen molar-refractivity contribution in [3.63, 3.8) is 0 Å². The van der Waals surface area contributed by atoms with E-state index in [1.165, 1.54) is 6.07 Å². The van der Waals surface area contributed by atoms with Crippen LogP contribution >= 0.6 is 0 Å². The molecule has 4 heteroatoms. The van der Waals surface area contributed by atoms with E-state index in [2.05, 4.69) is 0 Å². The van der Waals surface area contributed by atoms with Crippen LogP contribution in [0.2, 0.25) is 0 Å². The van der Waals surface area contributed by atoms with Gasteiger partial charge in [-0.1, -0.05) is 0 Å². The SMILES string of the molecule is CCOc1ccc(O)c([C@@H](O)CN)c1. The Hall–Kier alpha value is -1.26. The predicted molar refractivity (Wildman–Crippen MR) is 53.3 cm³/mol. The lowest BCUT2D eigenvalue weighted by molar-refractivity contribution is 0.182. The molecule has 1 rings (SSSR count). The van der Waals surface area contributed by atoms with E-state index in [0.717, 1.165) is 0 Å². The molecule has 78 valence electrons. The van der Waals surface area contributed by atoms with E-state index in [1.807, 2.05) is 6.92 Å². The van der Waals surface area contributed by atoms with Crippen LogP contribution < -0.4 is 10.5 Å². The van der Waals surface area contributed by atoms with Crippen molar-refractivity contribution in [2.24, 2.45) is 5.73 Å². The summed E-state index contributed by atoms with van der Waals surface area (Å²) in [5.41, 5.74) is 5.70. The molecule has 0 bridgehead atoms. The number of ether oxygens (including phenoxy) is 1. The maximum absolute atomic E-state index is 9.46. The Bertz CT molecular complexity index is 301. The Morgan fingerprint density at radius 1 is 1.50 bits per heavy atom. The minimum atomic E-state index is -0.851. The average Bonchev–Trinajstić information content (AvgIpc) is 2.20. The number of aliphatic hydroxyl groups is 1. The van der Waals surface area contributed by atoms with Gasteiger partial charge in [-0.25, -0.2) is 0 Å². The maximum Gasteiger partial charge on any atom is 0.121 e. The van der Waals surface area contributed by atoms with Crippen molar-refractivity contribution >= 4 is 0 Å². The zero-order valence-corrected chi connectivity index (χ0v) is 8.10. The summed E-state index contributed by atoms with van der Waals surface area (Å²) in [6, 6.07) is 4.72. The number of hydrogen-bond acceptors (Lipinski definition) is 4. The molecule has 0 saturated carbocycles. The number of benzene rings is 1. The van der Waals surface area contributed by atoms with Crippen LogP contribution in [0.15, 0.2) is 18.2 Å². The van der Waals surface area contributed by atoms with Crippen molar-refractivity contribution in [3.05, 3.63) is 23.8 Å². The van der Waals surface area contributed by atoms with Crippen molar-refractivity contribution < 1.29 is 14.9 Å². The second-order valence-corrected chi connectivity index (χ2v) is 2.91. The first-order chi connectivity index (χ1) is 6.69. The summed E-state index contributed by atoms with van der Waals surface area (Å²) in [6.07, 6.45) is -0.851. The molecule has 0 aliphatic carbocycles. The molecular weight excluding hydrogens is 182 g/mol. The zero-order valence-electron chi connectivity index (χ0n) is 8.10. The van der Waals surface area contributed by atoms with Crippen LogP contribution in [0.25, 0.3) is 0 Å². The van der Waals surface area contributed by atoms with E-state index < -0.39 is 6.10 Å². The highest BCUT2D eigenvalue weighted by atomic mass is 16.5. The minimum absolute atomic E-state index is 0.0337. The molecule has 0 saturated heterocycles. The molecule has 0 amide bonds. The Kier molecular flexibility index (Phi) is 3.73. The molecule has 0 unspecified atom stereocenters. The molecule has 0 radical (unpaired) electrons.